The van der Waals surface area contributed by atoms with Crippen molar-refractivity contribution in [1.29, 1.82) is 0 Å². The van der Waals surface area contributed by atoms with Crippen LogP contribution in [0.25, 0.3) is 5.57 Å². The van der Waals surface area contributed by atoms with Crippen LogP contribution in [0.3, 0.4) is 0 Å². The van der Waals surface area contributed by atoms with E-state index in [9.17, 15) is 5.21 Å². The van der Waals surface area contributed by atoms with Crippen molar-refractivity contribution < 1.29 is 5.21 Å². The first-order chi connectivity index (χ1) is 12.6. The Balaban J connectivity index is 2.12. The van der Waals surface area contributed by atoms with Gasteiger partial charge in [0.2, 0.25) is 0 Å². The van der Waals surface area contributed by atoms with Crippen LogP contribution < -0.4 is 0 Å². The Labute approximate surface area is 155 Å². The predicted molar refractivity (Wildman–Crippen MR) is 109 cm³/mol. The summed E-state index contributed by atoms with van der Waals surface area (Å²) in [4.78, 5) is 0. The number of rotatable bonds is 5. The fraction of sp³-hybridized carbons (Fsp3) is 0.125. The summed E-state index contributed by atoms with van der Waals surface area (Å²) >= 11 is 0. The first kappa shape index (κ1) is 17.7. The summed E-state index contributed by atoms with van der Waals surface area (Å²) in [5, 5.41) is 13.4. The smallest absolute Gasteiger partial charge is 0.0961 e. The molecule has 130 valence electrons. The molecule has 0 amide bonds. The van der Waals surface area contributed by atoms with Gasteiger partial charge in [0.05, 0.1) is 5.71 Å². The van der Waals surface area contributed by atoms with Crippen molar-refractivity contribution in [2.75, 3.05) is 0 Å². The summed E-state index contributed by atoms with van der Waals surface area (Å²) in [6.07, 6.45) is 2.18. The highest BCUT2D eigenvalue weighted by Gasteiger charge is 2.26. The van der Waals surface area contributed by atoms with E-state index in [4.69, 9.17) is 0 Å². The summed E-state index contributed by atoms with van der Waals surface area (Å²) in [5.41, 5.74) is 4.48. The van der Waals surface area contributed by atoms with E-state index < -0.39 is 5.41 Å². The second kappa shape index (κ2) is 7.83. The van der Waals surface area contributed by atoms with E-state index in [1.54, 1.807) is 0 Å². The summed E-state index contributed by atoms with van der Waals surface area (Å²) < 4.78 is 0. The third-order valence-corrected chi connectivity index (χ3v) is 4.43. The molecule has 26 heavy (non-hydrogen) atoms. The largest absolute Gasteiger partial charge is 0.411 e. The van der Waals surface area contributed by atoms with Gasteiger partial charge >= 0.3 is 0 Å². The Kier molecular flexibility index (Phi) is 5.33. The lowest BCUT2D eigenvalue weighted by atomic mass is 9.80. The molecule has 0 saturated heterocycles. The molecule has 0 aliphatic carbocycles. The molecule has 3 aromatic rings. The van der Waals surface area contributed by atoms with Gasteiger partial charge in [-0.15, -0.1) is 0 Å². The standard InChI is InChI=1S/C24H23NO/c1-24(2,23(25-26)21-16-10-5-11-17-21)18-22(19-12-6-3-7-13-19)20-14-8-4-9-15-20/h3-18,26H,1-2H3/b25-23+. The Morgan fingerprint density at radius 1 is 0.692 bits per heavy atom. The summed E-state index contributed by atoms with van der Waals surface area (Å²) in [7, 11) is 0. The average molecular weight is 341 g/mol. The zero-order valence-corrected chi connectivity index (χ0v) is 15.1. The van der Waals surface area contributed by atoms with E-state index in [2.05, 4.69) is 49.3 Å². The van der Waals surface area contributed by atoms with Crippen molar-refractivity contribution >= 4 is 11.3 Å². The van der Waals surface area contributed by atoms with Crippen LogP contribution in [0.4, 0.5) is 0 Å². The van der Waals surface area contributed by atoms with Crippen molar-refractivity contribution in [3.8, 4) is 0 Å². The fourth-order valence-electron chi connectivity index (χ4n) is 3.15. The quantitative estimate of drug-likeness (QED) is 0.343. The zero-order chi connectivity index (χ0) is 18.4. The van der Waals surface area contributed by atoms with Crippen molar-refractivity contribution in [1.82, 2.24) is 0 Å². The molecular formula is C24H23NO. The van der Waals surface area contributed by atoms with E-state index >= 15 is 0 Å². The molecule has 0 bridgehead atoms. The van der Waals surface area contributed by atoms with Crippen LogP contribution in [0.5, 0.6) is 0 Å². The number of allylic oxidation sites excluding steroid dienone is 1. The van der Waals surface area contributed by atoms with E-state index in [1.807, 2.05) is 66.7 Å². The molecular weight excluding hydrogens is 318 g/mol. The molecule has 2 heteroatoms. The summed E-state index contributed by atoms with van der Waals surface area (Å²) in [6, 6.07) is 30.4. The highest BCUT2D eigenvalue weighted by Crippen LogP contribution is 2.32. The molecule has 0 heterocycles. The number of oxime groups is 1. The maximum Gasteiger partial charge on any atom is 0.0961 e. The molecule has 0 aliphatic rings. The van der Waals surface area contributed by atoms with Crippen LogP contribution in [-0.4, -0.2) is 10.9 Å². The lowest BCUT2D eigenvalue weighted by Gasteiger charge is -2.24. The van der Waals surface area contributed by atoms with E-state index in [0.717, 1.165) is 22.3 Å². The Hall–Kier alpha value is -3.13. The predicted octanol–water partition coefficient (Wildman–Crippen LogP) is 6.02. The number of nitrogens with zero attached hydrogens (tertiary/aromatic N) is 1. The highest BCUT2D eigenvalue weighted by molar-refractivity contribution is 6.06. The highest BCUT2D eigenvalue weighted by atomic mass is 16.4. The maximum absolute atomic E-state index is 9.73. The molecule has 0 spiro atoms. The molecule has 0 aromatic heterocycles. The van der Waals surface area contributed by atoms with E-state index in [0.29, 0.717) is 5.71 Å². The molecule has 0 unspecified atom stereocenters. The van der Waals surface area contributed by atoms with Crippen molar-refractivity contribution in [3.05, 3.63) is 114 Å². The maximum atomic E-state index is 9.73. The Morgan fingerprint density at radius 3 is 1.46 bits per heavy atom. The van der Waals surface area contributed by atoms with E-state index in [1.165, 1.54) is 0 Å². The third kappa shape index (κ3) is 3.92. The SMILES string of the molecule is CC(C)(C=C(c1ccccc1)c1ccccc1)/C(=N/O)c1ccccc1. The van der Waals surface area contributed by atoms with Crippen LogP contribution in [-0.2, 0) is 0 Å². The molecule has 0 saturated carbocycles. The molecule has 3 rings (SSSR count). The van der Waals surface area contributed by atoms with Gasteiger partial charge in [-0.25, -0.2) is 0 Å². The monoisotopic (exact) mass is 341 g/mol. The molecule has 0 radical (unpaired) electrons. The second-order valence-corrected chi connectivity index (χ2v) is 6.83. The summed E-state index contributed by atoms with van der Waals surface area (Å²) in [6.45, 7) is 4.14. The minimum absolute atomic E-state index is 0.461. The van der Waals surface area contributed by atoms with Gasteiger partial charge in [-0.05, 0) is 16.7 Å². The minimum atomic E-state index is -0.461. The molecule has 2 nitrogen and oxygen atoms in total. The zero-order valence-electron chi connectivity index (χ0n) is 15.1. The van der Waals surface area contributed by atoms with Gasteiger partial charge in [0.15, 0.2) is 0 Å². The van der Waals surface area contributed by atoms with Crippen LogP contribution >= 0.6 is 0 Å². The molecule has 1 N–H and O–H groups in total. The Morgan fingerprint density at radius 2 is 1.08 bits per heavy atom. The van der Waals surface area contributed by atoms with E-state index in [-0.39, 0.29) is 0 Å². The van der Waals surface area contributed by atoms with Crippen LogP contribution in [0.15, 0.2) is 102 Å². The Bertz CT molecular complexity index is 853. The van der Waals surface area contributed by atoms with Crippen LogP contribution in [0.2, 0.25) is 0 Å². The van der Waals surface area contributed by atoms with Gasteiger partial charge in [-0.3, -0.25) is 0 Å². The van der Waals surface area contributed by atoms with Gasteiger partial charge in [0.25, 0.3) is 0 Å². The number of hydrogen-bond donors (Lipinski definition) is 1. The van der Waals surface area contributed by atoms with Gasteiger partial charge < -0.3 is 5.21 Å². The number of hydrogen-bond acceptors (Lipinski definition) is 2. The minimum Gasteiger partial charge on any atom is -0.411 e. The van der Waals surface area contributed by atoms with Crippen LogP contribution in [0.1, 0.15) is 30.5 Å². The lowest BCUT2D eigenvalue weighted by Crippen LogP contribution is -2.23. The van der Waals surface area contributed by atoms with Crippen molar-refractivity contribution in [3.63, 3.8) is 0 Å². The summed E-state index contributed by atoms with van der Waals surface area (Å²) in [5.74, 6) is 0. The van der Waals surface area contributed by atoms with Crippen LogP contribution in [0, 0.1) is 5.41 Å². The first-order valence-electron chi connectivity index (χ1n) is 8.73. The second-order valence-electron chi connectivity index (χ2n) is 6.83. The third-order valence-electron chi connectivity index (χ3n) is 4.43. The van der Waals surface area contributed by atoms with Gasteiger partial charge in [0, 0.05) is 11.0 Å². The van der Waals surface area contributed by atoms with Crippen molar-refractivity contribution in [2.45, 2.75) is 13.8 Å². The topological polar surface area (TPSA) is 32.6 Å². The molecule has 0 fully saturated rings. The first-order valence-corrected chi connectivity index (χ1v) is 8.73. The average Bonchev–Trinajstić information content (AvgIpc) is 2.69. The lowest BCUT2D eigenvalue weighted by molar-refractivity contribution is 0.313. The fourth-order valence-corrected chi connectivity index (χ4v) is 3.15. The van der Waals surface area contributed by atoms with Gasteiger partial charge in [-0.2, -0.15) is 0 Å². The number of benzene rings is 3. The van der Waals surface area contributed by atoms with Gasteiger partial charge in [0.1, 0.15) is 0 Å². The molecule has 0 aliphatic heterocycles. The van der Waals surface area contributed by atoms with Gasteiger partial charge in [-0.1, -0.05) is 116 Å². The molecule has 0 atom stereocenters. The van der Waals surface area contributed by atoms with Crippen molar-refractivity contribution in [2.24, 2.45) is 10.6 Å². The molecule has 3 aromatic carbocycles. The normalized spacial score (nSPS) is 11.8.